The summed E-state index contributed by atoms with van der Waals surface area (Å²) in [6.45, 7) is 4.19. The SMILES string of the molecule is CCC(CC)c1nc(F)c2c(n1)CSC2. The van der Waals surface area contributed by atoms with Crippen LogP contribution in [0.5, 0.6) is 0 Å². The molecule has 0 saturated carbocycles. The highest BCUT2D eigenvalue weighted by atomic mass is 32.2. The highest BCUT2D eigenvalue weighted by molar-refractivity contribution is 7.98. The second kappa shape index (κ2) is 4.47. The van der Waals surface area contributed by atoms with Crippen LogP contribution in [0.3, 0.4) is 0 Å². The van der Waals surface area contributed by atoms with Gasteiger partial charge in [-0.3, -0.25) is 0 Å². The van der Waals surface area contributed by atoms with Gasteiger partial charge in [-0.15, -0.1) is 0 Å². The van der Waals surface area contributed by atoms with E-state index in [9.17, 15) is 4.39 Å². The van der Waals surface area contributed by atoms with E-state index in [1.165, 1.54) is 0 Å². The zero-order chi connectivity index (χ0) is 10.8. The lowest BCUT2D eigenvalue weighted by atomic mass is 10.0. The largest absolute Gasteiger partial charge is 0.236 e. The predicted molar refractivity (Wildman–Crippen MR) is 60.3 cm³/mol. The molecule has 0 saturated heterocycles. The van der Waals surface area contributed by atoms with Gasteiger partial charge in [0.05, 0.1) is 5.69 Å². The zero-order valence-electron chi connectivity index (χ0n) is 9.09. The molecule has 0 bridgehead atoms. The van der Waals surface area contributed by atoms with Gasteiger partial charge in [-0.1, -0.05) is 13.8 Å². The van der Waals surface area contributed by atoms with Crippen LogP contribution in [0.2, 0.25) is 0 Å². The molecule has 0 aromatic carbocycles. The Kier molecular flexibility index (Phi) is 3.24. The van der Waals surface area contributed by atoms with Gasteiger partial charge < -0.3 is 0 Å². The van der Waals surface area contributed by atoms with Crippen molar-refractivity contribution < 1.29 is 4.39 Å². The molecular formula is C11H15FN2S. The summed E-state index contributed by atoms with van der Waals surface area (Å²) < 4.78 is 13.6. The van der Waals surface area contributed by atoms with E-state index < -0.39 is 0 Å². The second-order valence-electron chi connectivity index (χ2n) is 3.80. The molecule has 1 aromatic heterocycles. The van der Waals surface area contributed by atoms with E-state index in [0.717, 1.165) is 35.6 Å². The summed E-state index contributed by atoms with van der Waals surface area (Å²) in [5, 5.41) is 0. The molecule has 1 aromatic rings. The monoisotopic (exact) mass is 226 g/mol. The number of rotatable bonds is 3. The third kappa shape index (κ3) is 2.00. The molecule has 4 heteroatoms. The normalized spacial score (nSPS) is 14.7. The molecule has 0 spiro atoms. The van der Waals surface area contributed by atoms with E-state index in [1.54, 1.807) is 11.8 Å². The first-order chi connectivity index (χ1) is 7.26. The van der Waals surface area contributed by atoms with Crippen molar-refractivity contribution in [2.75, 3.05) is 0 Å². The summed E-state index contributed by atoms with van der Waals surface area (Å²) in [5.74, 6) is 2.26. The Balaban J connectivity index is 2.38. The lowest BCUT2D eigenvalue weighted by Gasteiger charge is -2.11. The number of hydrogen-bond acceptors (Lipinski definition) is 3. The Bertz CT molecular complexity index is 364. The zero-order valence-corrected chi connectivity index (χ0v) is 9.90. The Morgan fingerprint density at radius 3 is 2.67 bits per heavy atom. The van der Waals surface area contributed by atoms with Gasteiger partial charge in [-0.2, -0.15) is 16.2 Å². The van der Waals surface area contributed by atoms with Crippen molar-refractivity contribution in [3.63, 3.8) is 0 Å². The summed E-state index contributed by atoms with van der Waals surface area (Å²) in [5.41, 5.74) is 1.63. The van der Waals surface area contributed by atoms with Gasteiger partial charge in [0.15, 0.2) is 0 Å². The molecule has 0 atom stereocenters. The lowest BCUT2D eigenvalue weighted by Crippen LogP contribution is -2.08. The highest BCUT2D eigenvalue weighted by Crippen LogP contribution is 2.31. The maximum Gasteiger partial charge on any atom is 0.220 e. The van der Waals surface area contributed by atoms with Crippen LogP contribution in [0, 0.1) is 5.95 Å². The van der Waals surface area contributed by atoms with Crippen molar-refractivity contribution in [3.05, 3.63) is 23.0 Å². The van der Waals surface area contributed by atoms with Crippen LogP contribution in [0.15, 0.2) is 0 Å². The standard InChI is InChI=1S/C11H15FN2S/c1-3-7(4-2)11-13-9-6-15-5-8(9)10(12)14-11/h7H,3-6H2,1-2H3. The Hall–Kier alpha value is -0.640. The van der Waals surface area contributed by atoms with Gasteiger partial charge in [-0.25, -0.2) is 9.97 Å². The third-order valence-corrected chi connectivity index (χ3v) is 3.87. The minimum atomic E-state index is -0.299. The lowest BCUT2D eigenvalue weighted by molar-refractivity contribution is 0.526. The van der Waals surface area contributed by atoms with Gasteiger partial charge >= 0.3 is 0 Å². The number of thioether (sulfide) groups is 1. The predicted octanol–water partition coefficient (Wildman–Crippen LogP) is 3.27. The minimum Gasteiger partial charge on any atom is -0.236 e. The van der Waals surface area contributed by atoms with Gasteiger partial charge in [0.2, 0.25) is 5.95 Å². The molecule has 0 radical (unpaired) electrons. The molecule has 0 fully saturated rings. The van der Waals surface area contributed by atoms with E-state index in [0.29, 0.717) is 11.7 Å². The maximum atomic E-state index is 13.6. The molecule has 2 rings (SSSR count). The van der Waals surface area contributed by atoms with Gasteiger partial charge in [0.25, 0.3) is 0 Å². The van der Waals surface area contributed by atoms with Crippen LogP contribution >= 0.6 is 11.8 Å². The smallest absolute Gasteiger partial charge is 0.220 e. The molecule has 1 aliphatic rings. The Labute approximate surface area is 93.7 Å². The summed E-state index contributed by atoms with van der Waals surface area (Å²) in [4.78, 5) is 8.48. The fourth-order valence-electron chi connectivity index (χ4n) is 1.87. The van der Waals surface area contributed by atoms with Crippen LogP contribution in [0.1, 0.15) is 49.7 Å². The number of halogens is 1. The van der Waals surface area contributed by atoms with Gasteiger partial charge in [0, 0.05) is 23.0 Å². The van der Waals surface area contributed by atoms with E-state index in [2.05, 4.69) is 23.8 Å². The van der Waals surface area contributed by atoms with Crippen molar-refractivity contribution in [2.24, 2.45) is 0 Å². The fraction of sp³-hybridized carbons (Fsp3) is 0.636. The van der Waals surface area contributed by atoms with Crippen LogP contribution in [-0.2, 0) is 11.5 Å². The molecule has 0 unspecified atom stereocenters. The first-order valence-electron chi connectivity index (χ1n) is 5.39. The first-order valence-corrected chi connectivity index (χ1v) is 6.54. The Morgan fingerprint density at radius 1 is 1.27 bits per heavy atom. The van der Waals surface area contributed by atoms with Crippen LogP contribution < -0.4 is 0 Å². The summed E-state index contributed by atoms with van der Waals surface area (Å²) in [7, 11) is 0. The molecule has 0 aliphatic carbocycles. The quantitative estimate of drug-likeness (QED) is 0.740. The van der Waals surface area contributed by atoms with Crippen molar-refractivity contribution in [1.29, 1.82) is 0 Å². The Morgan fingerprint density at radius 2 is 2.00 bits per heavy atom. The van der Waals surface area contributed by atoms with E-state index >= 15 is 0 Å². The average molecular weight is 226 g/mol. The molecule has 0 amide bonds. The number of hydrogen-bond donors (Lipinski definition) is 0. The van der Waals surface area contributed by atoms with Crippen molar-refractivity contribution in [2.45, 2.75) is 44.1 Å². The van der Waals surface area contributed by atoms with E-state index in [-0.39, 0.29) is 5.95 Å². The number of aromatic nitrogens is 2. The minimum absolute atomic E-state index is 0.299. The highest BCUT2D eigenvalue weighted by Gasteiger charge is 2.21. The topological polar surface area (TPSA) is 25.8 Å². The maximum absolute atomic E-state index is 13.6. The molecule has 0 N–H and O–H groups in total. The van der Waals surface area contributed by atoms with E-state index in [1.807, 2.05) is 0 Å². The van der Waals surface area contributed by atoms with Crippen LogP contribution in [-0.4, -0.2) is 9.97 Å². The summed E-state index contributed by atoms with van der Waals surface area (Å²) >= 11 is 1.71. The molecule has 1 aliphatic heterocycles. The summed E-state index contributed by atoms with van der Waals surface area (Å²) in [6, 6.07) is 0. The van der Waals surface area contributed by atoms with Crippen molar-refractivity contribution >= 4 is 11.8 Å². The number of nitrogens with zero attached hydrogens (tertiary/aromatic N) is 2. The summed E-state index contributed by atoms with van der Waals surface area (Å²) in [6.07, 6.45) is 1.95. The fourth-order valence-corrected chi connectivity index (χ4v) is 2.89. The first kappa shape index (κ1) is 10.9. The van der Waals surface area contributed by atoms with Crippen LogP contribution in [0.25, 0.3) is 0 Å². The molecule has 2 nitrogen and oxygen atoms in total. The number of fused-ring (bicyclic) bond motifs is 1. The molecule has 2 heterocycles. The average Bonchev–Trinajstić information content (AvgIpc) is 2.68. The van der Waals surface area contributed by atoms with Crippen molar-refractivity contribution in [3.8, 4) is 0 Å². The van der Waals surface area contributed by atoms with Crippen LogP contribution in [0.4, 0.5) is 4.39 Å². The van der Waals surface area contributed by atoms with E-state index in [4.69, 9.17) is 0 Å². The molecular weight excluding hydrogens is 211 g/mol. The molecule has 15 heavy (non-hydrogen) atoms. The van der Waals surface area contributed by atoms with Gasteiger partial charge in [-0.05, 0) is 12.8 Å². The molecule has 82 valence electrons. The second-order valence-corrected chi connectivity index (χ2v) is 4.79. The van der Waals surface area contributed by atoms with Crippen molar-refractivity contribution in [1.82, 2.24) is 9.97 Å². The third-order valence-electron chi connectivity index (χ3n) is 2.90. The van der Waals surface area contributed by atoms with Gasteiger partial charge in [0.1, 0.15) is 5.82 Å².